The average molecular weight is 289 g/mol. The Kier molecular flexibility index (Phi) is 2.82. The predicted octanol–water partition coefficient (Wildman–Crippen LogP) is 4.11. The molecule has 0 aliphatic carbocycles. The van der Waals surface area contributed by atoms with Crippen molar-refractivity contribution in [1.29, 1.82) is 0 Å². The van der Waals surface area contributed by atoms with Gasteiger partial charge >= 0.3 is 0 Å². The first-order chi connectivity index (χ1) is 10.7. The van der Waals surface area contributed by atoms with E-state index in [9.17, 15) is 0 Å². The van der Waals surface area contributed by atoms with Gasteiger partial charge in [-0.1, -0.05) is 24.3 Å². The number of anilines is 1. The number of hydrogen-bond acceptors (Lipinski definition) is 4. The van der Waals surface area contributed by atoms with Crippen molar-refractivity contribution >= 4 is 27.7 Å². The molecule has 0 unspecified atom stereocenters. The fraction of sp³-hybridized carbons (Fsp3) is 0.111. The molecule has 4 heteroatoms. The van der Waals surface area contributed by atoms with E-state index in [0.29, 0.717) is 5.89 Å². The minimum Gasteiger partial charge on any atom is -0.435 e. The van der Waals surface area contributed by atoms with Gasteiger partial charge in [0.2, 0.25) is 5.89 Å². The quantitative estimate of drug-likeness (QED) is 0.557. The van der Waals surface area contributed by atoms with E-state index in [-0.39, 0.29) is 0 Å². The number of rotatable bonds is 2. The standard InChI is InChI=1S/C18H15N3O/c1-21(2)13-8-10-15-17(11-13)22-18(20-15)16-9-7-12-5-3-4-6-14(12)19-16/h3-11H,1-2H3. The molecule has 0 saturated heterocycles. The van der Waals surface area contributed by atoms with Gasteiger partial charge in [-0.05, 0) is 24.3 Å². The van der Waals surface area contributed by atoms with E-state index in [4.69, 9.17) is 4.42 Å². The number of pyridine rings is 1. The first kappa shape index (κ1) is 12.8. The van der Waals surface area contributed by atoms with E-state index in [1.807, 2.05) is 73.6 Å². The Balaban J connectivity index is 1.84. The second kappa shape index (κ2) is 4.84. The van der Waals surface area contributed by atoms with Gasteiger partial charge < -0.3 is 9.32 Å². The smallest absolute Gasteiger partial charge is 0.246 e. The van der Waals surface area contributed by atoms with Gasteiger partial charge in [-0.3, -0.25) is 0 Å². The average Bonchev–Trinajstić information content (AvgIpc) is 2.97. The number of aromatic nitrogens is 2. The molecular weight excluding hydrogens is 274 g/mol. The molecule has 108 valence electrons. The van der Waals surface area contributed by atoms with Crippen molar-refractivity contribution in [2.75, 3.05) is 19.0 Å². The number of nitrogens with zero attached hydrogens (tertiary/aromatic N) is 3. The van der Waals surface area contributed by atoms with E-state index in [0.717, 1.165) is 33.4 Å². The van der Waals surface area contributed by atoms with Crippen LogP contribution in [0.4, 0.5) is 5.69 Å². The molecule has 0 fully saturated rings. The van der Waals surface area contributed by atoms with Crippen LogP contribution in [-0.2, 0) is 0 Å². The third-order valence-corrected chi connectivity index (χ3v) is 3.71. The molecule has 2 heterocycles. The molecule has 4 aromatic rings. The highest BCUT2D eigenvalue weighted by Gasteiger charge is 2.11. The van der Waals surface area contributed by atoms with Crippen LogP contribution in [0.2, 0.25) is 0 Å². The molecule has 0 radical (unpaired) electrons. The molecule has 0 bridgehead atoms. The lowest BCUT2D eigenvalue weighted by Gasteiger charge is -2.10. The van der Waals surface area contributed by atoms with Gasteiger partial charge in [-0.25, -0.2) is 9.97 Å². The molecule has 0 N–H and O–H groups in total. The Labute approximate surface area is 128 Å². The molecule has 0 aliphatic rings. The Morgan fingerprint density at radius 2 is 1.73 bits per heavy atom. The number of oxazole rings is 1. The van der Waals surface area contributed by atoms with Crippen LogP contribution in [0.1, 0.15) is 0 Å². The molecule has 0 aliphatic heterocycles. The molecule has 0 amide bonds. The van der Waals surface area contributed by atoms with Crippen molar-refractivity contribution in [3.8, 4) is 11.6 Å². The minimum atomic E-state index is 0.552. The highest BCUT2D eigenvalue weighted by Crippen LogP contribution is 2.27. The van der Waals surface area contributed by atoms with Crippen LogP contribution in [0.15, 0.2) is 59.0 Å². The van der Waals surface area contributed by atoms with Gasteiger partial charge in [0, 0.05) is 31.2 Å². The Hall–Kier alpha value is -2.88. The number of hydrogen-bond donors (Lipinski definition) is 0. The maximum absolute atomic E-state index is 5.89. The van der Waals surface area contributed by atoms with Crippen molar-refractivity contribution < 1.29 is 4.42 Å². The van der Waals surface area contributed by atoms with Crippen LogP contribution in [0.5, 0.6) is 0 Å². The second-order valence-electron chi connectivity index (χ2n) is 5.45. The van der Waals surface area contributed by atoms with E-state index in [1.165, 1.54) is 0 Å². The molecular formula is C18H15N3O. The lowest BCUT2D eigenvalue weighted by atomic mass is 10.2. The van der Waals surface area contributed by atoms with Crippen molar-refractivity contribution in [2.24, 2.45) is 0 Å². The molecule has 0 spiro atoms. The molecule has 2 aromatic carbocycles. The third-order valence-electron chi connectivity index (χ3n) is 3.71. The summed E-state index contributed by atoms with van der Waals surface area (Å²) < 4.78 is 5.89. The molecule has 0 saturated carbocycles. The summed E-state index contributed by atoms with van der Waals surface area (Å²) >= 11 is 0. The monoisotopic (exact) mass is 289 g/mol. The number of para-hydroxylation sites is 1. The normalized spacial score (nSPS) is 11.2. The molecule has 4 rings (SSSR count). The fourth-order valence-corrected chi connectivity index (χ4v) is 2.49. The summed E-state index contributed by atoms with van der Waals surface area (Å²) in [5, 5.41) is 1.11. The van der Waals surface area contributed by atoms with Crippen LogP contribution in [0, 0.1) is 0 Å². The number of fused-ring (bicyclic) bond motifs is 2. The zero-order chi connectivity index (χ0) is 15.1. The van der Waals surface area contributed by atoms with Gasteiger partial charge in [-0.15, -0.1) is 0 Å². The Bertz CT molecular complexity index is 972. The molecule has 2 aromatic heterocycles. The lowest BCUT2D eigenvalue weighted by molar-refractivity contribution is 0.617. The summed E-state index contributed by atoms with van der Waals surface area (Å²) in [6.45, 7) is 0. The Morgan fingerprint density at radius 1 is 0.864 bits per heavy atom. The minimum absolute atomic E-state index is 0.552. The molecule has 0 atom stereocenters. The van der Waals surface area contributed by atoms with Gasteiger partial charge in [-0.2, -0.15) is 0 Å². The maximum Gasteiger partial charge on any atom is 0.246 e. The van der Waals surface area contributed by atoms with Crippen LogP contribution in [0.25, 0.3) is 33.6 Å². The summed E-state index contributed by atoms with van der Waals surface area (Å²) in [5.41, 5.74) is 4.39. The third kappa shape index (κ3) is 2.09. The summed E-state index contributed by atoms with van der Waals surface area (Å²) in [6.07, 6.45) is 0. The van der Waals surface area contributed by atoms with E-state index < -0.39 is 0 Å². The van der Waals surface area contributed by atoms with E-state index >= 15 is 0 Å². The zero-order valence-electron chi connectivity index (χ0n) is 12.4. The Morgan fingerprint density at radius 3 is 2.59 bits per heavy atom. The lowest BCUT2D eigenvalue weighted by Crippen LogP contribution is -2.07. The van der Waals surface area contributed by atoms with E-state index in [2.05, 4.69) is 9.97 Å². The summed E-state index contributed by atoms with van der Waals surface area (Å²) in [4.78, 5) is 11.2. The summed E-state index contributed by atoms with van der Waals surface area (Å²) in [7, 11) is 4.01. The number of benzene rings is 2. The molecule has 4 nitrogen and oxygen atoms in total. The van der Waals surface area contributed by atoms with Crippen LogP contribution in [0.3, 0.4) is 0 Å². The van der Waals surface area contributed by atoms with Crippen molar-refractivity contribution in [1.82, 2.24) is 9.97 Å². The SMILES string of the molecule is CN(C)c1ccc2nc(-c3ccc4ccccc4n3)oc2c1. The van der Waals surface area contributed by atoms with Crippen LogP contribution in [-0.4, -0.2) is 24.1 Å². The van der Waals surface area contributed by atoms with E-state index in [1.54, 1.807) is 0 Å². The topological polar surface area (TPSA) is 42.2 Å². The van der Waals surface area contributed by atoms with Gasteiger partial charge in [0.15, 0.2) is 5.58 Å². The van der Waals surface area contributed by atoms with Gasteiger partial charge in [0.25, 0.3) is 0 Å². The van der Waals surface area contributed by atoms with Crippen LogP contribution < -0.4 is 4.90 Å². The highest BCUT2D eigenvalue weighted by molar-refractivity contribution is 5.83. The summed E-state index contributed by atoms with van der Waals surface area (Å²) in [5.74, 6) is 0.552. The molecule has 22 heavy (non-hydrogen) atoms. The van der Waals surface area contributed by atoms with Crippen molar-refractivity contribution in [3.63, 3.8) is 0 Å². The second-order valence-corrected chi connectivity index (χ2v) is 5.45. The van der Waals surface area contributed by atoms with Crippen LogP contribution >= 0.6 is 0 Å². The zero-order valence-corrected chi connectivity index (χ0v) is 12.4. The van der Waals surface area contributed by atoms with Gasteiger partial charge in [0.1, 0.15) is 11.2 Å². The largest absolute Gasteiger partial charge is 0.435 e. The first-order valence-electron chi connectivity index (χ1n) is 7.15. The first-order valence-corrected chi connectivity index (χ1v) is 7.15. The predicted molar refractivity (Wildman–Crippen MR) is 89.1 cm³/mol. The summed E-state index contributed by atoms with van der Waals surface area (Å²) in [6, 6.07) is 18.0. The van der Waals surface area contributed by atoms with Gasteiger partial charge in [0.05, 0.1) is 5.52 Å². The fourth-order valence-electron chi connectivity index (χ4n) is 2.49. The highest BCUT2D eigenvalue weighted by atomic mass is 16.3. The maximum atomic E-state index is 5.89. The van der Waals surface area contributed by atoms with Crippen molar-refractivity contribution in [2.45, 2.75) is 0 Å². The van der Waals surface area contributed by atoms with Crippen molar-refractivity contribution in [3.05, 3.63) is 54.6 Å².